The lowest BCUT2D eigenvalue weighted by molar-refractivity contribution is -0.262. The van der Waals surface area contributed by atoms with Crippen LogP contribution >= 0.6 is 0 Å². The largest absolute Gasteiger partial charge is 0.487 e. The zero-order valence-electron chi connectivity index (χ0n) is 15.6. The van der Waals surface area contributed by atoms with Crippen LogP contribution < -0.4 is 4.74 Å². The Hall–Kier alpha value is -1.55. The van der Waals surface area contributed by atoms with Crippen LogP contribution in [0.25, 0.3) is 0 Å². The van der Waals surface area contributed by atoms with Gasteiger partial charge >= 0.3 is 5.97 Å². The van der Waals surface area contributed by atoms with Gasteiger partial charge in [0.25, 0.3) is 0 Å². The minimum absolute atomic E-state index is 0.0625. The van der Waals surface area contributed by atoms with Crippen molar-refractivity contribution in [2.45, 2.75) is 52.2 Å². The van der Waals surface area contributed by atoms with E-state index in [-0.39, 0.29) is 29.0 Å². The average Bonchev–Trinajstić information content (AvgIpc) is 2.59. The number of para-hydroxylation sites is 1. The minimum atomic E-state index is -0.240. The van der Waals surface area contributed by atoms with Gasteiger partial charge in [0.1, 0.15) is 11.4 Å². The molecule has 0 spiro atoms. The average molecular weight is 344 g/mol. The lowest BCUT2D eigenvalue weighted by Crippen LogP contribution is -2.66. The molecular formula is C21H28O4. The maximum Gasteiger partial charge on any atom is 0.305 e. The molecule has 6 unspecified atom stereocenters. The van der Waals surface area contributed by atoms with Gasteiger partial charge in [0.2, 0.25) is 0 Å². The van der Waals surface area contributed by atoms with Crippen LogP contribution in [0, 0.1) is 23.2 Å². The van der Waals surface area contributed by atoms with Crippen LogP contribution in [0.5, 0.6) is 5.75 Å². The Bertz CT molecular complexity index is 686. The monoisotopic (exact) mass is 344 g/mol. The summed E-state index contributed by atoms with van der Waals surface area (Å²) < 4.78 is 18.6. The summed E-state index contributed by atoms with van der Waals surface area (Å²) in [6.07, 6.45) is 1.44. The minimum Gasteiger partial charge on any atom is -0.487 e. The van der Waals surface area contributed by atoms with Gasteiger partial charge in [-0.1, -0.05) is 39.0 Å². The Morgan fingerprint density at radius 3 is 2.84 bits per heavy atom. The second-order valence-electron chi connectivity index (χ2n) is 8.35. The summed E-state index contributed by atoms with van der Waals surface area (Å²) in [5.74, 6) is 1.82. The van der Waals surface area contributed by atoms with E-state index in [1.54, 1.807) is 0 Å². The molecule has 0 N–H and O–H groups in total. The van der Waals surface area contributed by atoms with Crippen molar-refractivity contribution in [3.05, 3.63) is 29.8 Å². The third-order valence-electron chi connectivity index (χ3n) is 7.06. The first-order chi connectivity index (χ1) is 11.9. The molecule has 1 aromatic rings. The van der Waals surface area contributed by atoms with Crippen molar-refractivity contribution in [1.29, 1.82) is 0 Å². The summed E-state index contributed by atoms with van der Waals surface area (Å²) in [4.78, 5) is 11.8. The molecule has 6 atom stereocenters. The molecule has 2 fully saturated rings. The summed E-state index contributed by atoms with van der Waals surface area (Å²) in [6.45, 7) is 9.70. The van der Waals surface area contributed by atoms with Crippen molar-refractivity contribution in [2.75, 3.05) is 13.2 Å². The molecule has 2 aliphatic heterocycles. The highest BCUT2D eigenvalue weighted by Gasteiger charge is 2.64. The molecule has 0 radical (unpaired) electrons. The van der Waals surface area contributed by atoms with Gasteiger partial charge in [0.15, 0.2) is 0 Å². The summed E-state index contributed by atoms with van der Waals surface area (Å²) in [5, 5.41) is 0. The van der Waals surface area contributed by atoms with Gasteiger partial charge in [-0.3, -0.25) is 4.79 Å². The Morgan fingerprint density at radius 2 is 2.08 bits per heavy atom. The second kappa shape index (κ2) is 5.73. The van der Waals surface area contributed by atoms with Gasteiger partial charge in [-0.2, -0.15) is 0 Å². The topological polar surface area (TPSA) is 44.8 Å². The molecule has 1 saturated heterocycles. The fraction of sp³-hybridized carbons (Fsp3) is 0.667. The predicted octanol–water partition coefficient (Wildman–Crippen LogP) is 4.14. The summed E-state index contributed by atoms with van der Waals surface area (Å²) in [7, 11) is 0. The number of esters is 1. The van der Waals surface area contributed by atoms with Crippen molar-refractivity contribution in [2.24, 2.45) is 23.2 Å². The van der Waals surface area contributed by atoms with Crippen LogP contribution in [0.1, 0.15) is 52.2 Å². The number of hydrogen-bond acceptors (Lipinski definition) is 4. The van der Waals surface area contributed by atoms with Crippen LogP contribution in [-0.4, -0.2) is 24.8 Å². The first-order valence-corrected chi connectivity index (χ1v) is 9.46. The molecule has 2 heterocycles. The van der Waals surface area contributed by atoms with Crippen molar-refractivity contribution in [3.63, 3.8) is 0 Å². The molecule has 1 aliphatic carbocycles. The number of hydrogen-bond donors (Lipinski definition) is 0. The Morgan fingerprint density at radius 1 is 1.32 bits per heavy atom. The Labute approximate surface area is 149 Å². The number of benzene rings is 1. The molecule has 136 valence electrons. The van der Waals surface area contributed by atoms with Gasteiger partial charge in [0, 0.05) is 23.3 Å². The standard InChI is InChI=1S/C21H28O4/c1-5-17(22)23-11-21-12-24-19-15-8-6-7-9-16(15)25-20(4,10-13(21)2)18(19)14(21)3/h6-9,13-14,18-19H,5,10-12H2,1-4H3. The van der Waals surface area contributed by atoms with E-state index < -0.39 is 0 Å². The SMILES string of the molecule is CCC(=O)OCC12COC3c4ccccc4OC(C)(CC1C)C3C2C. The number of carbonyl (C=O) groups is 1. The summed E-state index contributed by atoms with van der Waals surface area (Å²) >= 11 is 0. The van der Waals surface area contributed by atoms with E-state index in [2.05, 4.69) is 39.0 Å². The van der Waals surface area contributed by atoms with Gasteiger partial charge in [-0.05, 0) is 31.2 Å². The fourth-order valence-corrected chi connectivity index (χ4v) is 5.57. The predicted molar refractivity (Wildman–Crippen MR) is 94.3 cm³/mol. The van der Waals surface area contributed by atoms with Crippen molar-refractivity contribution in [3.8, 4) is 5.75 Å². The Kier molecular flexibility index (Phi) is 3.87. The first kappa shape index (κ1) is 16.9. The van der Waals surface area contributed by atoms with Crippen LogP contribution in [0.4, 0.5) is 0 Å². The fourth-order valence-electron chi connectivity index (χ4n) is 5.57. The number of fused-ring (bicyclic) bond motifs is 3. The third-order valence-corrected chi connectivity index (χ3v) is 7.06. The van der Waals surface area contributed by atoms with Gasteiger partial charge in [-0.25, -0.2) is 0 Å². The van der Waals surface area contributed by atoms with Crippen molar-refractivity contribution in [1.82, 2.24) is 0 Å². The van der Waals surface area contributed by atoms with Crippen LogP contribution in [0.2, 0.25) is 0 Å². The third kappa shape index (κ3) is 2.33. The molecule has 1 aromatic carbocycles. The number of carbonyl (C=O) groups excluding carboxylic acids is 1. The highest BCUT2D eigenvalue weighted by atomic mass is 16.5. The van der Waals surface area contributed by atoms with Crippen LogP contribution in [0.3, 0.4) is 0 Å². The molecule has 4 heteroatoms. The molecule has 3 aliphatic rings. The highest BCUT2D eigenvalue weighted by molar-refractivity contribution is 5.68. The zero-order valence-corrected chi connectivity index (χ0v) is 15.6. The van der Waals surface area contributed by atoms with E-state index in [0.29, 0.717) is 31.5 Å². The molecular weight excluding hydrogens is 316 g/mol. The van der Waals surface area contributed by atoms with Crippen LogP contribution in [0.15, 0.2) is 24.3 Å². The maximum absolute atomic E-state index is 11.8. The van der Waals surface area contributed by atoms with E-state index in [9.17, 15) is 4.79 Å². The second-order valence-corrected chi connectivity index (χ2v) is 8.35. The van der Waals surface area contributed by atoms with Gasteiger partial charge in [-0.15, -0.1) is 0 Å². The van der Waals surface area contributed by atoms with E-state index in [1.807, 2.05) is 13.0 Å². The lowest BCUT2D eigenvalue weighted by atomic mass is 9.50. The van der Waals surface area contributed by atoms with Crippen molar-refractivity contribution >= 4 is 5.97 Å². The molecule has 1 saturated carbocycles. The maximum atomic E-state index is 11.8. The van der Waals surface area contributed by atoms with Gasteiger partial charge < -0.3 is 14.2 Å². The number of rotatable bonds is 3. The summed E-state index contributed by atoms with van der Waals surface area (Å²) in [5.41, 5.74) is 0.794. The molecule has 0 aromatic heterocycles. The molecule has 4 rings (SSSR count). The molecule has 25 heavy (non-hydrogen) atoms. The van der Waals surface area contributed by atoms with Gasteiger partial charge in [0.05, 0.1) is 19.3 Å². The lowest BCUT2D eigenvalue weighted by Gasteiger charge is -2.63. The van der Waals surface area contributed by atoms with E-state index in [4.69, 9.17) is 14.2 Å². The highest BCUT2D eigenvalue weighted by Crippen LogP contribution is 2.63. The van der Waals surface area contributed by atoms with E-state index >= 15 is 0 Å². The smallest absolute Gasteiger partial charge is 0.305 e. The molecule has 2 bridgehead atoms. The van der Waals surface area contributed by atoms with Crippen molar-refractivity contribution < 1.29 is 19.0 Å². The van der Waals surface area contributed by atoms with Crippen LogP contribution in [-0.2, 0) is 14.3 Å². The quantitative estimate of drug-likeness (QED) is 0.773. The van der Waals surface area contributed by atoms with E-state index in [0.717, 1.165) is 17.7 Å². The zero-order chi connectivity index (χ0) is 17.8. The summed E-state index contributed by atoms with van der Waals surface area (Å²) in [6, 6.07) is 8.24. The first-order valence-electron chi connectivity index (χ1n) is 9.46. The number of ether oxygens (including phenoxy) is 3. The molecule has 0 amide bonds. The molecule has 4 nitrogen and oxygen atoms in total. The Balaban J connectivity index is 1.72. The van der Waals surface area contributed by atoms with E-state index in [1.165, 1.54) is 0 Å². The normalized spacial score (nSPS) is 41.4.